The van der Waals surface area contributed by atoms with Gasteiger partial charge >= 0.3 is 5.97 Å². The number of nitrogen functional groups attached to an aromatic ring is 1. The number of benzene rings is 2. The molecule has 3 N–H and O–H groups in total. The zero-order valence-electron chi connectivity index (χ0n) is 15.1. The highest BCUT2D eigenvalue weighted by atomic mass is 35.5. The molecule has 0 saturated carbocycles. The number of rotatable bonds is 4. The summed E-state index contributed by atoms with van der Waals surface area (Å²) in [7, 11) is 1.26. The van der Waals surface area contributed by atoms with E-state index in [1.165, 1.54) is 19.2 Å². The Hall–Kier alpha value is -2.90. The molecule has 0 aliphatic heterocycles. The number of nitrogens with two attached hydrogens (primary N) is 1. The van der Waals surface area contributed by atoms with Crippen LogP contribution in [0.4, 0.5) is 14.5 Å². The van der Waals surface area contributed by atoms with Crippen LogP contribution in [0.5, 0.6) is 5.75 Å². The molecule has 3 aromatic rings. The van der Waals surface area contributed by atoms with E-state index in [1.807, 2.05) is 18.2 Å². The van der Waals surface area contributed by atoms with Crippen LogP contribution in [-0.4, -0.2) is 23.2 Å². The van der Waals surface area contributed by atoms with E-state index >= 15 is 0 Å². The van der Waals surface area contributed by atoms with Crippen molar-refractivity contribution >= 4 is 34.9 Å². The van der Waals surface area contributed by atoms with Crippen LogP contribution >= 0.6 is 23.2 Å². The molecule has 0 radical (unpaired) electrons. The first-order chi connectivity index (χ1) is 13.8. The lowest BCUT2D eigenvalue weighted by Gasteiger charge is -2.10. The number of methoxy groups -OCH3 is 1. The van der Waals surface area contributed by atoms with Crippen LogP contribution in [0.25, 0.3) is 11.3 Å². The maximum Gasteiger partial charge on any atom is 0.307 e. The molecule has 9 heteroatoms. The Balaban J connectivity index is 0.000000253. The van der Waals surface area contributed by atoms with Crippen molar-refractivity contribution in [3.05, 3.63) is 75.9 Å². The molecule has 0 amide bonds. The van der Waals surface area contributed by atoms with Crippen molar-refractivity contribution in [3.63, 3.8) is 0 Å². The Morgan fingerprint density at radius 1 is 1.10 bits per heavy atom. The number of aliphatic carboxylic acids is 1. The Kier molecular flexibility index (Phi) is 7.75. The highest BCUT2D eigenvalue weighted by Crippen LogP contribution is 2.36. The Labute approximate surface area is 175 Å². The molecular weight excluding hydrogens is 425 g/mol. The van der Waals surface area contributed by atoms with E-state index in [-0.39, 0.29) is 39.2 Å². The molecule has 0 atom stereocenters. The molecule has 0 aliphatic carbocycles. The fraction of sp³-hybridized carbons (Fsp3) is 0.100. The highest BCUT2D eigenvalue weighted by molar-refractivity contribution is 6.33. The number of nitrogens with zero attached hydrogens (tertiary/aromatic N) is 1. The number of pyridine rings is 1. The van der Waals surface area contributed by atoms with Gasteiger partial charge in [0.1, 0.15) is 5.69 Å². The van der Waals surface area contributed by atoms with Gasteiger partial charge < -0.3 is 15.6 Å². The summed E-state index contributed by atoms with van der Waals surface area (Å²) >= 11 is 11.4. The first-order valence-electron chi connectivity index (χ1n) is 8.13. The van der Waals surface area contributed by atoms with Gasteiger partial charge in [-0.05, 0) is 17.7 Å². The monoisotopic (exact) mass is 440 g/mol. The van der Waals surface area contributed by atoms with Gasteiger partial charge in [0.2, 0.25) is 0 Å². The predicted molar refractivity (Wildman–Crippen MR) is 108 cm³/mol. The minimum absolute atomic E-state index is 0.0393. The number of carboxylic acids is 1. The number of ether oxygens (including phenoxy) is 1. The summed E-state index contributed by atoms with van der Waals surface area (Å²) in [4.78, 5) is 13.9. The topological polar surface area (TPSA) is 85.4 Å². The van der Waals surface area contributed by atoms with Crippen molar-refractivity contribution in [3.8, 4) is 17.0 Å². The van der Waals surface area contributed by atoms with Gasteiger partial charge in [0.05, 0.1) is 29.3 Å². The molecule has 3 rings (SSSR count). The molecule has 2 aromatic carbocycles. The number of halogens is 4. The molecule has 0 saturated heterocycles. The Bertz CT molecular complexity index is 1020. The highest BCUT2D eigenvalue weighted by Gasteiger charge is 2.20. The van der Waals surface area contributed by atoms with Crippen LogP contribution in [0.15, 0.2) is 48.7 Å². The lowest BCUT2D eigenvalue weighted by Crippen LogP contribution is -2.00. The average molecular weight is 441 g/mol. The molecule has 1 aromatic heterocycles. The molecule has 152 valence electrons. The summed E-state index contributed by atoms with van der Waals surface area (Å²) in [6.45, 7) is 0. The van der Waals surface area contributed by atoms with Gasteiger partial charge in [0, 0.05) is 11.8 Å². The second-order valence-electron chi connectivity index (χ2n) is 5.68. The largest absolute Gasteiger partial charge is 0.492 e. The summed E-state index contributed by atoms with van der Waals surface area (Å²) in [5.74, 6) is -2.68. The van der Waals surface area contributed by atoms with Gasteiger partial charge in [-0.3, -0.25) is 9.78 Å². The van der Waals surface area contributed by atoms with Crippen LogP contribution < -0.4 is 10.5 Å². The standard InChI is InChI=1S/C12H8Cl2F2N2O.C8H8O2/c1-19-12-6(13)3-2-5(8(12)15)11-9(16)10(17)7(14)4-18-11;9-8(10)6-7-4-2-1-3-5-7/h2-4H,1H3,(H2,17,18);1-5H,6H2,(H,9,10). The minimum atomic E-state index is -0.893. The molecule has 0 bridgehead atoms. The van der Waals surface area contributed by atoms with E-state index in [4.69, 9.17) is 38.8 Å². The third kappa shape index (κ3) is 5.56. The fourth-order valence-electron chi connectivity index (χ4n) is 2.34. The van der Waals surface area contributed by atoms with Crippen LogP contribution in [0, 0.1) is 11.6 Å². The summed E-state index contributed by atoms with van der Waals surface area (Å²) in [5.41, 5.74) is 5.63. The summed E-state index contributed by atoms with van der Waals surface area (Å²) < 4.78 is 32.9. The fourth-order valence-corrected chi connectivity index (χ4v) is 2.70. The van der Waals surface area contributed by atoms with E-state index in [9.17, 15) is 13.6 Å². The first-order valence-corrected chi connectivity index (χ1v) is 8.89. The van der Waals surface area contributed by atoms with Crippen molar-refractivity contribution < 1.29 is 23.4 Å². The normalized spacial score (nSPS) is 10.1. The summed E-state index contributed by atoms with van der Waals surface area (Å²) in [6, 6.07) is 11.8. The lowest BCUT2D eigenvalue weighted by atomic mass is 10.1. The zero-order chi connectivity index (χ0) is 21.6. The number of anilines is 1. The van der Waals surface area contributed by atoms with E-state index in [0.29, 0.717) is 0 Å². The molecule has 5 nitrogen and oxygen atoms in total. The van der Waals surface area contributed by atoms with Crippen LogP contribution in [0.1, 0.15) is 5.56 Å². The smallest absolute Gasteiger partial charge is 0.307 e. The van der Waals surface area contributed by atoms with Gasteiger partial charge in [-0.15, -0.1) is 0 Å². The number of hydrogen-bond donors (Lipinski definition) is 2. The molecule has 0 unspecified atom stereocenters. The SMILES string of the molecule is COc1c(Cl)ccc(-c2ncc(Cl)c(N)c2F)c1F.O=C(O)Cc1ccccc1. The van der Waals surface area contributed by atoms with Gasteiger partial charge in [-0.1, -0.05) is 53.5 Å². The van der Waals surface area contributed by atoms with Gasteiger partial charge in [0.25, 0.3) is 0 Å². The molecule has 0 fully saturated rings. The van der Waals surface area contributed by atoms with Gasteiger partial charge in [0.15, 0.2) is 17.4 Å². The van der Waals surface area contributed by atoms with Gasteiger partial charge in [-0.25, -0.2) is 8.78 Å². The van der Waals surface area contributed by atoms with E-state index < -0.39 is 17.6 Å². The maximum absolute atomic E-state index is 14.1. The van der Waals surface area contributed by atoms with Gasteiger partial charge in [-0.2, -0.15) is 0 Å². The van der Waals surface area contributed by atoms with E-state index in [1.54, 1.807) is 12.1 Å². The molecule has 0 spiro atoms. The van der Waals surface area contributed by atoms with Crippen LogP contribution in [0.3, 0.4) is 0 Å². The second-order valence-corrected chi connectivity index (χ2v) is 6.50. The quantitative estimate of drug-likeness (QED) is 0.579. The Morgan fingerprint density at radius 3 is 2.34 bits per heavy atom. The first kappa shape index (κ1) is 22.4. The van der Waals surface area contributed by atoms with E-state index in [0.717, 1.165) is 11.8 Å². The van der Waals surface area contributed by atoms with Crippen molar-refractivity contribution in [1.82, 2.24) is 4.98 Å². The number of carboxylic acid groups (broad SMARTS) is 1. The van der Waals surface area contributed by atoms with Crippen LogP contribution in [0.2, 0.25) is 10.0 Å². The predicted octanol–water partition coefficient (Wildman–Crippen LogP) is 5.24. The molecule has 29 heavy (non-hydrogen) atoms. The van der Waals surface area contributed by atoms with Crippen molar-refractivity contribution in [2.75, 3.05) is 12.8 Å². The number of aromatic nitrogens is 1. The molecule has 0 aliphatic rings. The van der Waals surface area contributed by atoms with Crippen molar-refractivity contribution in [1.29, 1.82) is 0 Å². The summed E-state index contributed by atoms with van der Waals surface area (Å²) in [6.07, 6.45) is 1.26. The number of carbonyl (C=O) groups is 1. The molecule has 1 heterocycles. The summed E-state index contributed by atoms with van der Waals surface area (Å²) in [5, 5.41) is 8.40. The van der Waals surface area contributed by atoms with E-state index in [2.05, 4.69) is 4.98 Å². The van der Waals surface area contributed by atoms with Crippen molar-refractivity contribution in [2.45, 2.75) is 6.42 Å². The zero-order valence-corrected chi connectivity index (χ0v) is 16.6. The minimum Gasteiger partial charge on any atom is -0.492 e. The third-order valence-electron chi connectivity index (χ3n) is 3.72. The maximum atomic E-state index is 14.1. The third-order valence-corrected chi connectivity index (χ3v) is 4.31. The second kappa shape index (κ2) is 10.0. The van der Waals surface area contributed by atoms with Crippen LogP contribution in [-0.2, 0) is 11.2 Å². The Morgan fingerprint density at radius 2 is 1.76 bits per heavy atom. The van der Waals surface area contributed by atoms with Crippen molar-refractivity contribution in [2.24, 2.45) is 0 Å². The average Bonchev–Trinajstić information content (AvgIpc) is 2.68. The lowest BCUT2D eigenvalue weighted by molar-refractivity contribution is -0.136. The number of hydrogen-bond acceptors (Lipinski definition) is 4. The molecular formula is C20H16Cl2F2N2O3.